The van der Waals surface area contributed by atoms with Crippen LogP contribution >= 0.6 is 0 Å². The van der Waals surface area contributed by atoms with E-state index in [9.17, 15) is 20.3 Å². The van der Waals surface area contributed by atoms with Crippen LogP contribution in [0.5, 0.6) is 11.5 Å². The second-order valence-corrected chi connectivity index (χ2v) is 9.05. The van der Waals surface area contributed by atoms with Crippen molar-refractivity contribution in [1.82, 2.24) is 19.4 Å². The first kappa shape index (κ1) is 23.1. The Morgan fingerprint density at radius 3 is 2.80 bits per heavy atom. The van der Waals surface area contributed by atoms with Gasteiger partial charge in [-0.15, -0.1) is 0 Å². The number of nitrogens with zero attached hydrogens (tertiary/aromatic N) is 5. The summed E-state index contributed by atoms with van der Waals surface area (Å²) in [5, 5.41) is 29.0. The van der Waals surface area contributed by atoms with Crippen LogP contribution in [-0.4, -0.2) is 67.8 Å². The molecule has 0 spiro atoms. The largest absolute Gasteiger partial charge is 0.456 e. The second-order valence-electron chi connectivity index (χ2n) is 9.05. The predicted molar refractivity (Wildman–Crippen MR) is 126 cm³/mol. The van der Waals surface area contributed by atoms with Gasteiger partial charge in [0.25, 0.3) is 0 Å². The molecule has 1 amide bonds. The minimum absolute atomic E-state index is 0.0337. The lowest BCUT2D eigenvalue weighted by molar-refractivity contribution is -0.136. The maximum Gasteiger partial charge on any atom is 0.237 e. The van der Waals surface area contributed by atoms with Crippen LogP contribution in [0.1, 0.15) is 27.9 Å². The van der Waals surface area contributed by atoms with Crippen LogP contribution in [0, 0.1) is 11.3 Å². The molecule has 35 heavy (non-hydrogen) atoms. The number of hydrogen-bond acceptors (Lipinski definition) is 7. The van der Waals surface area contributed by atoms with E-state index in [0.717, 1.165) is 28.9 Å². The number of amides is 1. The molecule has 9 nitrogen and oxygen atoms in total. The molecule has 2 N–H and O–H groups in total. The minimum Gasteiger partial charge on any atom is -0.456 e. The van der Waals surface area contributed by atoms with Gasteiger partial charge >= 0.3 is 0 Å². The summed E-state index contributed by atoms with van der Waals surface area (Å²) in [4.78, 5) is 21.3. The van der Waals surface area contributed by atoms with E-state index in [1.54, 1.807) is 18.5 Å². The number of piperazine rings is 1. The first-order chi connectivity index (χ1) is 17.0. The van der Waals surface area contributed by atoms with Crippen LogP contribution in [0.2, 0.25) is 0 Å². The Morgan fingerprint density at radius 2 is 2.00 bits per heavy atom. The summed E-state index contributed by atoms with van der Waals surface area (Å²) in [7, 11) is 0. The van der Waals surface area contributed by atoms with Gasteiger partial charge in [-0.2, -0.15) is 5.26 Å². The predicted octanol–water partition coefficient (Wildman–Crippen LogP) is 1.65. The lowest BCUT2D eigenvalue weighted by Crippen LogP contribution is -2.49. The summed E-state index contributed by atoms with van der Waals surface area (Å²) in [6.45, 7) is 2.85. The third-order valence-corrected chi connectivity index (χ3v) is 6.53. The average molecular weight is 474 g/mol. The average Bonchev–Trinajstić information content (AvgIpc) is 3.28. The molecule has 3 aliphatic rings. The van der Waals surface area contributed by atoms with Gasteiger partial charge in [-0.25, -0.2) is 4.98 Å². The molecule has 3 aromatic rings. The topological polar surface area (TPSA) is 115 Å². The number of nitriles is 1. The third-order valence-electron chi connectivity index (χ3n) is 6.53. The number of fused-ring (bicyclic) bond motifs is 2. The number of carbonyl (C=O) groups excluding carboxylic acids is 1. The Kier molecular flexibility index (Phi) is 6.51. The van der Waals surface area contributed by atoms with E-state index in [4.69, 9.17) is 4.74 Å². The van der Waals surface area contributed by atoms with Crippen LogP contribution < -0.4 is 4.74 Å². The highest BCUT2D eigenvalue weighted by Gasteiger charge is 2.26. The van der Waals surface area contributed by atoms with E-state index in [0.29, 0.717) is 49.8 Å². The molecule has 3 aliphatic heterocycles. The van der Waals surface area contributed by atoms with E-state index in [-0.39, 0.29) is 18.9 Å². The Labute approximate surface area is 203 Å². The summed E-state index contributed by atoms with van der Waals surface area (Å²) < 4.78 is 8.22. The van der Waals surface area contributed by atoms with Gasteiger partial charge in [0, 0.05) is 45.3 Å². The van der Waals surface area contributed by atoms with Gasteiger partial charge in [0.2, 0.25) is 5.91 Å². The maximum absolute atomic E-state index is 13.0. The van der Waals surface area contributed by atoms with Crippen molar-refractivity contribution < 1.29 is 19.7 Å². The zero-order valence-electron chi connectivity index (χ0n) is 19.3. The van der Waals surface area contributed by atoms with Gasteiger partial charge in [0.1, 0.15) is 17.6 Å². The number of benzene rings is 2. The number of aromatic nitrogens is 2. The molecule has 6 bridgehead atoms. The number of carbonyl (C=O) groups is 1. The zero-order valence-corrected chi connectivity index (χ0v) is 19.3. The number of imidazole rings is 1. The van der Waals surface area contributed by atoms with Gasteiger partial charge in [-0.1, -0.05) is 12.1 Å². The van der Waals surface area contributed by atoms with Gasteiger partial charge in [-0.3, -0.25) is 9.69 Å². The van der Waals surface area contributed by atoms with Crippen molar-refractivity contribution >= 4 is 5.91 Å². The zero-order chi connectivity index (χ0) is 24.4. The molecule has 1 fully saturated rings. The van der Waals surface area contributed by atoms with Crippen molar-refractivity contribution in [3.8, 4) is 17.6 Å². The Balaban J connectivity index is 1.57. The number of hydrogen-bond donors (Lipinski definition) is 2. The first-order valence-electron chi connectivity index (χ1n) is 11.6. The molecule has 2 aromatic carbocycles. The number of rotatable bonds is 3. The molecule has 180 valence electrons. The number of aliphatic hydroxyl groups is 2. The number of aliphatic hydroxyl groups excluding tert-OH is 2. The highest BCUT2D eigenvalue weighted by atomic mass is 16.5. The monoisotopic (exact) mass is 473 g/mol. The molecule has 1 unspecified atom stereocenters. The molecule has 9 heteroatoms. The molecule has 0 saturated carbocycles. The molecule has 2 atom stereocenters. The molecular formula is C26H27N5O4. The smallest absolute Gasteiger partial charge is 0.237 e. The Morgan fingerprint density at radius 1 is 1.11 bits per heavy atom. The van der Waals surface area contributed by atoms with Crippen LogP contribution in [0.15, 0.2) is 48.9 Å². The standard InChI is InChI=1S/C26H27N5O4/c27-10-20-2-1-18-7-25(20)35-24-4-3-19(8-23(33)16-32)21(9-24)13-30-6-5-29(15-26(30)34)14-22-11-28-17-31(22)12-18/h1-4,7,9,11,17,23,32-33H,5-6,8,12-16H2/t23-/m1/s1. The maximum atomic E-state index is 13.0. The molecule has 6 rings (SSSR count). The Bertz CT molecular complexity index is 1280. The van der Waals surface area contributed by atoms with E-state index in [1.165, 1.54) is 0 Å². The number of ether oxygens (including phenoxy) is 1. The van der Waals surface area contributed by atoms with Crippen molar-refractivity contribution in [1.29, 1.82) is 5.26 Å². The van der Waals surface area contributed by atoms with Crippen molar-refractivity contribution in [3.05, 3.63) is 76.9 Å². The molecule has 1 aromatic heterocycles. The van der Waals surface area contributed by atoms with Gasteiger partial charge < -0.3 is 24.4 Å². The minimum atomic E-state index is -0.891. The second kappa shape index (κ2) is 9.88. The summed E-state index contributed by atoms with van der Waals surface area (Å²) in [5.41, 5.74) is 4.08. The van der Waals surface area contributed by atoms with Crippen LogP contribution in [0.4, 0.5) is 0 Å². The van der Waals surface area contributed by atoms with E-state index in [2.05, 4.69) is 16.0 Å². The molecule has 1 saturated heterocycles. The van der Waals surface area contributed by atoms with Crippen LogP contribution in [0.3, 0.4) is 0 Å². The van der Waals surface area contributed by atoms with E-state index >= 15 is 0 Å². The fraction of sp³-hybridized carbons (Fsp3) is 0.346. The van der Waals surface area contributed by atoms with Gasteiger partial charge in [0.15, 0.2) is 0 Å². The lowest BCUT2D eigenvalue weighted by atomic mass is 10.00. The van der Waals surface area contributed by atoms with Gasteiger partial charge in [-0.05, 0) is 41.0 Å². The third kappa shape index (κ3) is 5.05. The van der Waals surface area contributed by atoms with Crippen molar-refractivity contribution in [2.24, 2.45) is 0 Å². The summed E-state index contributed by atoms with van der Waals surface area (Å²) in [6.07, 6.45) is 2.98. The quantitative estimate of drug-likeness (QED) is 0.594. The molecule has 4 heterocycles. The van der Waals surface area contributed by atoms with E-state index < -0.39 is 6.10 Å². The highest BCUT2D eigenvalue weighted by molar-refractivity contribution is 5.79. The SMILES string of the molecule is N#Cc1ccc2cc1Oc1ccc(C[C@@H](O)CO)c(c1)CN1CCN(CC1=O)Cc1cncn1C2. The van der Waals surface area contributed by atoms with Crippen LogP contribution in [-0.2, 0) is 30.8 Å². The summed E-state index contributed by atoms with van der Waals surface area (Å²) in [6, 6.07) is 13.2. The molecular weight excluding hydrogens is 446 g/mol. The van der Waals surface area contributed by atoms with Crippen molar-refractivity contribution in [3.63, 3.8) is 0 Å². The first-order valence-corrected chi connectivity index (χ1v) is 11.6. The molecule has 0 aliphatic carbocycles. The van der Waals surface area contributed by atoms with Gasteiger partial charge in [0.05, 0.1) is 36.8 Å². The fourth-order valence-corrected chi connectivity index (χ4v) is 4.61. The van der Waals surface area contributed by atoms with E-state index in [1.807, 2.05) is 39.9 Å². The normalized spacial score (nSPS) is 18.5. The fourth-order valence-electron chi connectivity index (χ4n) is 4.61. The van der Waals surface area contributed by atoms with Crippen LogP contribution in [0.25, 0.3) is 0 Å². The summed E-state index contributed by atoms with van der Waals surface area (Å²) in [5.74, 6) is 1.03. The van der Waals surface area contributed by atoms with Crippen molar-refractivity contribution in [2.75, 3.05) is 26.2 Å². The Hall–Kier alpha value is -3.71. The lowest BCUT2D eigenvalue weighted by Gasteiger charge is -2.35. The molecule has 0 radical (unpaired) electrons. The highest BCUT2D eigenvalue weighted by Crippen LogP contribution is 2.30. The summed E-state index contributed by atoms with van der Waals surface area (Å²) >= 11 is 0. The van der Waals surface area contributed by atoms with Crippen molar-refractivity contribution in [2.45, 2.75) is 32.2 Å².